The van der Waals surface area contributed by atoms with E-state index in [1.165, 1.54) is 11.1 Å². The Balaban J connectivity index is 1.74. The monoisotopic (exact) mass is 296 g/mol. The maximum absolute atomic E-state index is 9.43. The molecule has 0 aliphatic carbocycles. The third kappa shape index (κ3) is 3.26. The summed E-state index contributed by atoms with van der Waals surface area (Å²) in [6.45, 7) is 2.66. The van der Waals surface area contributed by atoms with Crippen molar-refractivity contribution in [1.82, 2.24) is 4.90 Å². The van der Waals surface area contributed by atoms with Gasteiger partial charge < -0.3 is 0 Å². The molecule has 0 N–H and O–H groups in total. The van der Waals surface area contributed by atoms with Gasteiger partial charge in [-0.05, 0) is 23.3 Å². The molecule has 1 aliphatic heterocycles. The molecule has 106 valence electrons. The van der Waals surface area contributed by atoms with E-state index in [0.717, 1.165) is 24.7 Å². The maximum atomic E-state index is 9.43. The van der Waals surface area contributed by atoms with E-state index in [-0.39, 0.29) is 11.8 Å². The summed E-state index contributed by atoms with van der Waals surface area (Å²) in [6.07, 6.45) is 0. The van der Waals surface area contributed by atoms with Crippen LogP contribution in [-0.2, 0) is 6.54 Å². The summed E-state index contributed by atoms with van der Waals surface area (Å²) in [7, 11) is 0. The standard InChI is InChI=1S/C18H17ClN2/c19-17-8-6-15(7-9-17)18-13-21(12-16(18)10-20)11-14-4-2-1-3-5-14/h1-9,16,18H,11-13H2/t16-,18+/m0/s1. The lowest BCUT2D eigenvalue weighted by Gasteiger charge is -2.16. The minimum atomic E-state index is 0.0508. The number of nitrogens with zero attached hydrogens (tertiary/aromatic N) is 2. The van der Waals surface area contributed by atoms with Crippen LogP contribution in [0.2, 0.25) is 5.02 Å². The lowest BCUT2D eigenvalue weighted by Crippen LogP contribution is -2.20. The molecule has 3 heteroatoms. The lowest BCUT2D eigenvalue weighted by atomic mass is 9.90. The van der Waals surface area contributed by atoms with Crippen molar-refractivity contribution in [3.63, 3.8) is 0 Å². The first-order valence-electron chi connectivity index (χ1n) is 7.17. The summed E-state index contributed by atoms with van der Waals surface area (Å²) in [5.41, 5.74) is 2.51. The zero-order valence-electron chi connectivity index (χ0n) is 11.7. The fourth-order valence-corrected chi connectivity index (χ4v) is 3.16. The van der Waals surface area contributed by atoms with Crippen LogP contribution in [0.3, 0.4) is 0 Å². The van der Waals surface area contributed by atoms with E-state index in [1.807, 2.05) is 30.3 Å². The van der Waals surface area contributed by atoms with Crippen LogP contribution >= 0.6 is 11.6 Å². The molecular weight excluding hydrogens is 280 g/mol. The summed E-state index contributed by atoms with van der Waals surface area (Å²) in [6, 6.07) is 20.8. The van der Waals surface area contributed by atoms with E-state index in [2.05, 4.69) is 35.2 Å². The molecule has 21 heavy (non-hydrogen) atoms. The maximum Gasteiger partial charge on any atom is 0.0676 e. The first-order valence-corrected chi connectivity index (χ1v) is 7.55. The average molecular weight is 297 g/mol. The lowest BCUT2D eigenvalue weighted by molar-refractivity contribution is 0.322. The number of rotatable bonds is 3. The first kappa shape index (κ1) is 14.1. The Bertz CT molecular complexity index is 631. The smallest absolute Gasteiger partial charge is 0.0676 e. The van der Waals surface area contributed by atoms with E-state index in [1.54, 1.807) is 0 Å². The Kier molecular flexibility index (Phi) is 4.24. The second-order valence-electron chi connectivity index (χ2n) is 5.57. The highest BCUT2D eigenvalue weighted by Crippen LogP contribution is 2.33. The molecule has 1 heterocycles. The van der Waals surface area contributed by atoms with Crippen molar-refractivity contribution in [3.8, 4) is 6.07 Å². The van der Waals surface area contributed by atoms with Gasteiger partial charge >= 0.3 is 0 Å². The van der Waals surface area contributed by atoms with E-state index < -0.39 is 0 Å². The molecule has 2 aromatic carbocycles. The van der Waals surface area contributed by atoms with E-state index in [4.69, 9.17) is 11.6 Å². The van der Waals surface area contributed by atoms with Gasteiger partial charge in [-0.15, -0.1) is 0 Å². The highest BCUT2D eigenvalue weighted by atomic mass is 35.5. The first-order chi connectivity index (χ1) is 10.3. The minimum absolute atomic E-state index is 0.0508. The number of likely N-dealkylation sites (tertiary alicyclic amines) is 1. The average Bonchev–Trinajstić information content (AvgIpc) is 2.92. The number of nitriles is 1. The highest BCUT2D eigenvalue weighted by molar-refractivity contribution is 6.30. The fraction of sp³-hybridized carbons (Fsp3) is 0.278. The van der Waals surface area contributed by atoms with Gasteiger partial charge in [0.15, 0.2) is 0 Å². The molecule has 1 fully saturated rings. The van der Waals surface area contributed by atoms with Crippen molar-refractivity contribution in [2.75, 3.05) is 13.1 Å². The number of hydrogen-bond acceptors (Lipinski definition) is 2. The molecule has 0 amide bonds. The summed E-state index contributed by atoms with van der Waals surface area (Å²) in [5, 5.41) is 10.2. The summed E-state index contributed by atoms with van der Waals surface area (Å²) >= 11 is 5.95. The Morgan fingerprint density at radius 3 is 2.43 bits per heavy atom. The van der Waals surface area contributed by atoms with Crippen LogP contribution < -0.4 is 0 Å². The van der Waals surface area contributed by atoms with Gasteiger partial charge in [0.05, 0.1) is 12.0 Å². The third-order valence-electron chi connectivity index (χ3n) is 4.11. The van der Waals surface area contributed by atoms with Crippen LogP contribution in [0.15, 0.2) is 54.6 Å². The van der Waals surface area contributed by atoms with Crippen molar-refractivity contribution in [2.24, 2.45) is 5.92 Å². The van der Waals surface area contributed by atoms with E-state index >= 15 is 0 Å². The van der Waals surface area contributed by atoms with Gasteiger partial charge in [-0.2, -0.15) is 5.26 Å². The molecule has 0 radical (unpaired) electrons. The quantitative estimate of drug-likeness (QED) is 0.853. The van der Waals surface area contributed by atoms with Crippen molar-refractivity contribution in [3.05, 3.63) is 70.7 Å². The third-order valence-corrected chi connectivity index (χ3v) is 4.36. The molecule has 0 bridgehead atoms. The van der Waals surface area contributed by atoms with E-state index in [9.17, 15) is 5.26 Å². The zero-order valence-corrected chi connectivity index (χ0v) is 12.5. The molecule has 3 rings (SSSR count). The summed E-state index contributed by atoms with van der Waals surface area (Å²) in [5.74, 6) is 0.325. The van der Waals surface area contributed by atoms with Crippen molar-refractivity contribution in [2.45, 2.75) is 12.5 Å². The molecular formula is C18H17ClN2. The van der Waals surface area contributed by atoms with Gasteiger partial charge in [0, 0.05) is 30.6 Å². The van der Waals surface area contributed by atoms with Crippen LogP contribution in [0.1, 0.15) is 17.0 Å². The molecule has 0 aromatic heterocycles. The minimum Gasteiger partial charge on any atom is -0.297 e. The van der Waals surface area contributed by atoms with Crippen LogP contribution in [-0.4, -0.2) is 18.0 Å². The van der Waals surface area contributed by atoms with Crippen molar-refractivity contribution >= 4 is 11.6 Å². The second kappa shape index (κ2) is 6.30. The van der Waals surface area contributed by atoms with Gasteiger partial charge in [-0.25, -0.2) is 0 Å². The molecule has 0 unspecified atom stereocenters. The van der Waals surface area contributed by atoms with Gasteiger partial charge in [-0.3, -0.25) is 4.90 Å². The molecule has 2 nitrogen and oxygen atoms in total. The van der Waals surface area contributed by atoms with Crippen molar-refractivity contribution in [1.29, 1.82) is 5.26 Å². The molecule has 0 spiro atoms. The van der Waals surface area contributed by atoms with Crippen LogP contribution in [0, 0.1) is 17.2 Å². The van der Waals surface area contributed by atoms with Crippen LogP contribution in [0.4, 0.5) is 0 Å². The van der Waals surface area contributed by atoms with Crippen LogP contribution in [0.5, 0.6) is 0 Å². The van der Waals surface area contributed by atoms with Gasteiger partial charge in [0.2, 0.25) is 0 Å². The summed E-state index contributed by atoms with van der Waals surface area (Å²) in [4.78, 5) is 2.36. The van der Waals surface area contributed by atoms with E-state index in [0.29, 0.717) is 0 Å². The Morgan fingerprint density at radius 2 is 1.76 bits per heavy atom. The predicted octanol–water partition coefficient (Wildman–Crippen LogP) is 4.08. The zero-order chi connectivity index (χ0) is 14.7. The Labute approximate surface area is 130 Å². The Morgan fingerprint density at radius 1 is 1.05 bits per heavy atom. The normalized spacial score (nSPS) is 22.1. The molecule has 1 saturated heterocycles. The molecule has 1 aliphatic rings. The van der Waals surface area contributed by atoms with Crippen LogP contribution in [0.25, 0.3) is 0 Å². The largest absolute Gasteiger partial charge is 0.297 e. The fourth-order valence-electron chi connectivity index (χ4n) is 3.03. The van der Waals surface area contributed by atoms with Gasteiger partial charge in [0.25, 0.3) is 0 Å². The summed E-state index contributed by atoms with van der Waals surface area (Å²) < 4.78 is 0. The number of halogens is 1. The SMILES string of the molecule is N#C[C@H]1CN(Cc2ccccc2)C[C@@H]1c1ccc(Cl)cc1. The van der Waals surface area contributed by atoms with Crippen molar-refractivity contribution < 1.29 is 0 Å². The Hall–Kier alpha value is -1.82. The number of hydrogen-bond donors (Lipinski definition) is 0. The molecule has 2 atom stereocenters. The predicted molar refractivity (Wildman–Crippen MR) is 85.0 cm³/mol. The van der Waals surface area contributed by atoms with Gasteiger partial charge in [0.1, 0.15) is 0 Å². The number of benzene rings is 2. The highest BCUT2D eigenvalue weighted by Gasteiger charge is 2.33. The molecule has 0 saturated carbocycles. The van der Waals surface area contributed by atoms with Gasteiger partial charge in [-0.1, -0.05) is 54.1 Å². The molecule has 2 aromatic rings. The topological polar surface area (TPSA) is 27.0 Å². The second-order valence-corrected chi connectivity index (χ2v) is 6.01.